The first-order valence-electron chi connectivity index (χ1n) is 11.2. The molecule has 2 atom stereocenters. The highest BCUT2D eigenvalue weighted by molar-refractivity contribution is 5.94. The molecule has 2 saturated heterocycles. The van der Waals surface area contributed by atoms with Gasteiger partial charge < -0.3 is 24.0 Å². The Labute approximate surface area is 192 Å². The van der Waals surface area contributed by atoms with Crippen LogP contribution in [0.5, 0.6) is 17.2 Å². The summed E-state index contributed by atoms with van der Waals surface area (Å²) in [5.74, 6) is 1.98. The van der Waals surface area contributed by atoms with E-state index < -0.39 is 0 Å². The Bertz CT molecular complexity index is 1020. The molecule has 3 aliphatic rings. The van der Waals surface area contributed by atoms with E-state index in [1.165, 1.54) is 0 Å². The lowest BCUT2D eigenvalue weighted by Crippen LogP contribution is -2.52. The zero-order valence-electron chi connectivity index (χ0n) is 18.6. The molecule has 33 heavy (non-hydrogen) atoms. The zero-order chi connectivity index (χ0) is 22.8. The molecule has 0 saturated carbocycles. The summed E-state index contributed by atoms with van der Waals surface area (Å²) in [6, 6.07) is 12.8. The Kier molecular flexibility index (Phi) is 6.06. The maximum absolute atomic E-state index is 13.4. The second kappa shape index (κ2) is 9.29. The van der Waals surface area contributed by atoms with E-state index in [0.29, 0.717) is 63.0 Å². The Morgan fingerprint density at radius 2 is 1.64 bits per heavy atom. The number of hydrogen-bond donors (Lipinski definition) is 2. The largest absolute Gasteiger partial charge is 0.497 e. The lowest BCUT2D eigenvalue weighted by molar-refractivity contribution is -0.137. The topological polar surface area (TPSA) is 92.4 Å². The predicted molar refractivity (Wildman–Crippen MR) is 120 cm³/mol. The van der Waals surface area contributed by atoms with E-state index in [0.717, 1.165) is 11.3 Å². The van der Waals surface area contributed by atoms with E-state index >= 15 is 0 Å². The minimum Gasteiger partial charge on any atom is -0.497 e. The molecule has 0 bridgehead atoms. The van der Waals surface area contributed by atoms with E-state index in [4.69, 9.17) is 14.2 Å². The minimum atomic E-state index is -0.239. The van der Waals surface area contributed by atoms with Crippen LogP contribution in [0.3, 0.4) is 0 Å². The van der Waals surface area contributed by atoms with Gasteiger partial charge in [0.15, 0.2) is 11.5 Å². The lowest BCUT2D eigenvalue weighted by atomic mass is 9.93. The predicted octanol–water partition coefficient (Wildman–Crippen LogP) is 1.22. The fourth-order valence-corrected chi connectivity index (χ4v) is 4.58. The number of rotatable bonds is 4. The van der Waals surface area contributed by atoms with E-state index in [1.54, 1.807) is 36.3 Å². The molecule has 0 radical (unpaired) electrons. The highest BCUT2D eigenvalue weighted by Gasteiger charge is 2.38. The van der Waals surface area contributed by atoms with Crippen molar-refractivity contribution in [2.75, 3.05) is 53.0 Å². The van der Waals surface area contributed by atoms with Crippen molar-refractivity contribution in [2.24, 2.45) is 5.92 Å². The Hall–Kier alpha value is -3.30. The minimum absolute atomic E-state index is 0.0249. The van der Waals surface area contributed by atoms with Gasteiger partial charge in [0.2, 0.25) is 5.91 Å². The molecule has 2 aromatic carbocycles. The van der Waals surface area contributed by atoms with E-state index in [-0.39, 0.29) is 23.8 Å². The maximum atomic E-state index is 13.4. The number of hydrogen-bond acceptors (Lipinski definition) is 7. The molecular weight excluding hydrogens is 424 g/mol. The van der Waals surface area contributed by atoms with Gasteiger partial charge in [-0.1, -0.05) is 6.07 Å². The van der Waals surface area contributed by atoms with Gasteiger partial charge in [-0.25, -0.2) is 5.43 Å². The molecule has 0 aromatic heterocycles. The van der Waals surface area contributed by atoms with Crippen LogP contribution in [0.2, 0.25) is 0 Å². The molecule has 2 N–H and O–H groups in total. The van der Waals surface area contributed by atoms with Crippen LogP contribution in [0.15, 0.2) is 42.5 Å². The zero-order valence-corrected chi connectivity index (χ0v) is 18.6. The average molecular weight is 453 g/mol. The van der Waals surface area contributed by atoms with Crippen molar-refractivity contribution in [2.45, 2.75) is 6.04 Å². The van der Waals surface area contributed by atoms with Crippen molar-refractivity contribution in [3.8, 4) is 17.2 Å². The molecule has 174 valence electrons. The smallest absolute Gasteiger partial charge is 0.253 e. The summed E-state index contributed by atoms with van der Waals surface area (Å²) in [6.07, 6.45) is 0. The van der Waals surface area contributed by atoms with E-state index in [9.17, 15) is 9.59 Å². The molecule has 3 heterocycles. The van der Waals surface area contributed by atoms with Crippen LogP contribution in [0.1, 0.15) is 22.0 Å². The number of piperazine rings is 1. The van der Waals surface area contributed by atoms with Crippen LogP contribution in [-0.2, 0) is 4.79 Å². The van der Waals surface area contributed by atoms with E-state index in [1.807, 2.05) is 23.1 Å². The van der Waals surface area contributed by atoms with Gasteiger partial charge in [-0.3, -0.25) is 15.0 Å². The molecule has 0 aliphatic carbocycles. The number of benzene rings is 2. The summed E-state index contributed by atoms with van der Waals surface area (Å²) in [6.45, 7) is 3.68. The highest BCUT2D eigenvalue weighted by atomic mass is 16.6. The number of ether oxygens (including phenoxy) is 3. The number of amides is 2. The van der Waals surface area contributed by atoms with Crippen LogP contribution in [0.25, 0.3) is 0 Å². The van der Waals surface area contributed by atoms with Gasteiger partial charge in [-0.2, -0.15) is 0 Å². The van der Waals surface area contributed by atoms with Gasteiger partial charge in [0, 0.05) is 38.3 Å². The number of methoxy groups -OCH3 is 1. The quantitative estimate of drug-likeness (QED) is 0.721. The molecule has 2 unspecified atom stereocenters. The normalized spacial score (nSPS) is 22.2. The van der Waals surface area contributed by atoms with Crippen molar-refractivity contribution >= 4 is 11.8 Å². The monoisotopic (exact) mass is 452 g/mol. The summed E-state index contributed by atoms with van der Waals surface area (Å²) >= 11 is 0. The van der Waals surface area contributed by atoms with Crippen LogP contribution in [0, 0.1) is 5.92 Å². The number of hydrazine groups is 1. The fraction of sp³-hybridized carbons (Fsp3) is 0.417. The second-order valence-corrected chi connectivity index (χ2v) is 8.36. The SMILES string of the molecule is COc1ccc(C(=O)N2CCN(C(=O)C3CNNC3c3ccc4c(c3)OCCO4)CC2)cc1. The number of carbonyl (C=O) groups is 2. The average Bonchev–Trinajstić information content (AvgIpc) is 3.38. The third-order valence-electron chi connectivity index (χ3n) is 6.44. The van der Waals surface area contributed by atoms with Gasteiger partial charge in [0.1, 0.15) is 19.0 Å². The van der Waals surface area contributed by atoms with Gasteiger partial charge in [-0.05, 0) is 42.0 Å². The molecule has 5 rings (SSSR count). The van der Waals surface area contributed by atoms with Crippen molar-refractivity contribution in [3.63, 3.8) is 0 Å². The first kappa shape index (κ1) is 21.5. The number of fused-ring (bicyclic) bond motifs is 1. The maximum Gasteiger partial charge on any atom is 0.253 e. The standard InChI is InChI=1S/C24H28N4O5/c1-31-18-5-2-16(3-6-18)23(29)27-8-10-28(11-9-27)24(30)19-15-25-26-22(19)17-4-7-20-21(14-17)33-13-12-32-20/h2-7,14,19,22,25-26H,8-13,15H2,1H3. The molecule has 9 heteroatoms. The summed E-state index contributed by atoms with van der Waals surface area (Å²) < 4.78 is 16.5. The van der Waals surface area contributed by atoms with E-state index in [2.05, 4.69) is 10.9 Å². The van der Waals surface area contributed by atoms with Gasteiger partial charge >= 0.3 is 0 Å². The van der Waals surface area contributed by atoms with Crippen molar-refractivity contribution in [3.05, 3.63) is 53.6 Å². The van der Waals surface area contributed by atoms with Gasteiger partial charge in [0.25, 0.3) is 5.91 Å². The Morgan fingerprint density at radius 1 is 0.939 bits per heavy atom. The first-order chi connectivity index (χ1) is 16.1. The van der Waals surface area contributed by atoms with Crippen molar-refractivity contribution < 1.29 is 23.8 Å². The van der Waals surface area contributed by atoms with Crippen LogP contribution in [0.4, 0.5) is 0 Å². The summed E-state index contributed by atoms with van der Waals surface area (Å²) in [7, 11) is 1.60. The number of nitrogens with zero attached hydrogens (tertiary/aromatic N) is 2. The van der Waals surface area contributed by atoms with Crippen LogP contribution < -0.4 is 25.1 Å². The van der Waals surface area contributed by atoms with Crippen LogP contribution >= 0.6 is 0 Å². The molecule has 0 spiro atoms. The Morgan fingerprint density at radius 3 is 2.36 bits per heavy atom. The third-order valence-corrected chi connectivity index (χ3v) is 6.44. The molecule has 2 aromatic rings. The first-order valence-corrected chi connectivity index (χ1v) is 11.2. The Balaban J connectivity index is 1.21. The summed E-state index contributed by atoms with van der Waals surface area (Å²) in [4.78, 5) is 29.9. The second-order valence-electron chi connectivity index (χ2n) is 8.36. The molecular formula is C24H28N4O5. The third kappa shape index (κ3) is 4.34. The summed E-state index contributed by atoms with van der Waals surface area (Å²) in [5, 5.41) is 0. The number of nitrogens with one attached hydrogen (secondary N) is 2. The van der Waals surface area contributed by atoms with Crippen LogP contribution in [-0.4, -0.2) is 74.7 Å². The lowest BCUT2D eigenvalue weighted by Gasteiger charge is -2.36. The van der Waals surface area contributed by atoms with Crippen molar-refractivity contribution in [1.82, 2.24) is 20.7 Å². The highest BCUT2D eigenvalue weighted by Crippen LogP contribution is 2.35. The number of carbonyl (C=O) groups excluding carboxylic acids is 2. The van der Waals surface area contributed by atoms with Crippen molar-refractivity contribution in [1.29, 1.82) is 0 Å². The molecule has 2 fully saturated rings. The summed E-state index contributed by atoms with van der Waals surface area (Å²) in [5.41, 5.74) is 7.98. The fourth-order valence-electron chi connectivity index (χ4n) is 4.58. The molecule has 3 aliphatic heterocycles. The van der Waals surface area contributed by atoms with Gasteiger partial charge in [-0.15, -0.1) is 0 Å². The molecule has 2 amide bonds. The van der Waals surface area contributed by atoms with Gasteiger partial charge in [0.05, 0.1) is 19.1 Å². The molecule has 9 nitrogen and oxygen atoms in total.